The van der Waals surface area contributed by atoms with E-state index in [1.165, 1.54) is 0 Å². The van der Waals surface area contributed by atoms with Gasteiger partial charge in [-0.3, -0.25) is 10.3 Å². The number of hydrogen-bond acceptors (Lipinski definition) is 5. The van der Waals surface area contributed by atoms with Crippen molar-refractivity contribution in [2.45, 2.75) is 79.1 Å². The molecule has 0 saturated carbocycles. The number of nitrogens with zero attached hydrogens (tertiary/aromatic N) is 1. The number of hydrogen-bond donors (Lipinski definition) is 1. The Bertz CT molecular complexity index is 664. The Morgan fingerprint density at radius 3 is 2.16 bits per heavy atom. The number of amides is 1. The number of aryl methyl sites for hydroxylation is 1. The Labute approximate surface area is 150 Å². The lowest BCUT2D eigenvalue weighted by Gasteiger charge is -2.32. The topological polar surface area (TPSA) is 69.7 Å². The summed E-state index contributed by atoms with van der Waals surface area (Å²) in [5, 5.41) is 2.76. The third kappa shape index (κ3) is 4.15. The van der Waals surface area contributed by atoms with Gasteiger partial charge in [0.25, 0.3) is 0 Å². The third-order valence-electron chi connectivity index (χ3n) is 4.71. The first kappa shape index (κ1) is 19.7. The van der Waals surface area contributed by atoms with Crippen LogP contribution >= 0.6 is 0 Å². The second-order valence-electron chi connectivity index (χ2n) is 8.51. The SMILES string of the molecule is Cc1ncc(NC(=O)OC(C)(C)C)c(C)c1B1OC(C)(C)C(C)(C)O1. The summed E-state index contributed by atoms with van der Waals surface area (Å²) in [4.78, 5) is 16.5. The number of aromatic nitrogens is 1. The van der Waals surface area contributed by atoms with Crippen LogP contribution in [-0.4, -0.2) is 35.0 Å². The Morgan fingerprint density at radius 2 is 1.68 bits per heavy atom. The molecular formula is C18H29BN2O4. The van der Waals surface area contributed by atoms with Crippen molar-refractivity contribution in [2.24, 2.45) is 0 Å². The van der Waals surface area contributed by atoms with Crippen molar-refractivity contribution in [3.05, 3.63) is 17.5 Å². The molecule has 138 valence electrons. The van der Waals surface area contributed by atoms with E-state index < -0.39 is 30.0 Å². The molecule has 1 saturated heterocycles. The van der Waals surface area contributed by atoms with Crippen LogP contribution in [0, 0.1) is 13.8 Å². The zero-order valence-electron chi connectivity index (χ0n) is 16.7. The summed E-state index contributed by atoms with van der Waals surface area (Å²) >= 11 is 0. The Hall–Kier alpha value is -1.60. The molecule has 6 nitrogen and oxygen atoms in total. The van der Waals surface area contributed by atoms with E-state index in [0.717, 1.165) is 16.7 Å². The number of ether oxygens (including phenoxy) is 1. The Kier molecular flexibility index (Phi) is 4.96. The second kappa shape index (κ2) is 6.29. The summed E-state index contributed by atoms with van der Waals surface area (Å²) in [5.74, 6) is 0. The smallest absolute Gasteiger partial charge is 0.444 e. The van der Waals surface area contributed by atoms with Gasteiger partial charge in [0.1, 0.15) is 5.60 Å². The van der Waals surface area contributed by atoms with Crippen molar-refractivity contribution >= 4 is 24.4 Å². The van der Waals surface area contributed by atoms with Crippen molar-refractivity contribution < 1.29 is 18.8 Å². The number of nitrogens with one attached hydrogen (secondary N) is 1. The van der Waals surface area contributed by atoms with Crippen LogP contribution in [-0.2, 0) is 14.0 Å². The fourth-order valence-corrected chi connectivity index (χ4v) is 2.59. The molecule has 1 N–H and O–H groups in total. The highest BCUT2D eigenvalue weighted by atomic mass is 16.7. The van der Waals surface area contributed by atoms with E-state index in [1.807, 2.05) is 62.3 Å². The first-order chi connectivity index (χ1) is 11.2. The van der Waals surface area contributed by atoms with Crippen molar-refractivity contribution in [3.8, 4) is 0 Å². The zero-order valence-corrected chi connectivity index (χ0v) is 16.7. The van der Waals surface area contributed by atoms with Crippen molar-refractivity contribution in [3.63, 3.8) is 0 Å². The van der Waals surface area contributed by atoms with Crippen molar-refractivity contribution in [1.29, 1.82) is 0 Å². The summed E-state index contributed by atoms with van der Waals surface area (Å²) in [6, 6.07) is 0. The van der Waals surface area contributed by atoms with Crippen LogP contribution in [0.4, 0.5) is 10.5 Å². The van der Waals surface area contributed by atoms with E-state index in [-0.39, 0.29) is 0 Å². The number of carbonyl (C=O) groups is 1. The molecule has 1 aliphatic heterocycles. The van der Waals surface area contributed by atoms with E-state index in [0.29, 0.717) is 5.69 Å². The molecule has 1 fully saturated rings. The Balaban J connectivity index is 2.31. The Morgan fingerprint density at radius 1 is 1.16 bits per heavy atom. The molecule has 0 bridgehead atoms. The molecule has 0 spiro atoms. The lowest BCUT2D eigenvalue weighted by molar-refractivity contribution is 0.00578. The monoisotopic (exact) mass is 348 g/mol. The molecule has 1 aromatic rings. The molecule has 0 unspecified atom stereocenters. The zero-order chi connectivity index (χ0) is 19.2. The molecule has 0 atom stereocenters. The van der Waals surface area contributed by atoms with Gasteiger partial charge in [0, 0.05) is 11.2 Å². The van der Waals surface area contributed by atoms with Crippen LogP contribution in [0.25, 0.3) is 0 Å². The molecular weight excluding hydrogens is 319 g/mol. The fourth-order valence-electron chi connectivity index (χ4n) is 2.59. The normalized spacial score (nSPS) is 19.0. The van der Waals surface area contributed by atoms with Gasteiger partial charge in [0.15, 0.2) is 0 Å². The average Bonchev–Trinajstić information content (AvgIpc) is 2.59. The van der Waals surface area contributed by atoms with Crippen LogP contribution in [0.5, 0.6) is 0 Å². The predicted molar refractivity (Wildman–Crippen MR) is 99.3 cm³/mol. The summed E-state index contributed by atoms with van der Waals surface area (Å²) in [5.41, 5.74) is 1.65. The minimum Gasteiger partial charge on any atom is -0.444 e. The first-order valence-corrected chi connectivity index (χ1v) is 8.55. The van der Waals surface area contributed by atoms with Crippen LogP contribution in [0.3, 0.4) is 0 Å². The lowest BCUT2D eigenvalue weighted by atomic mass is 9.75. The molecule has 2 heterocycles. The summed E-state index contributed by atoms with van der Waals surface area (Å²) < 4.78 is 17.6. The van der Waals surface area contributed by atoms with Crippen LogP contribution in [0.2, 0.25) is 0 Å². The van der Waals surface area contributed by atoms with Gasteiger partial charge >= 0.3 is 13.2 Å². The lowest BCUT2D eigenvalue weighted by Crippen LogP contribution is -2.41. The molecule has 1 aliphatic rings. The fraction of sp³-hybridized carbons (Fsp3) is 0.667. The number of carbonyl (C=O) groups excluding carboxylic acids is 1. The molecule has 1 amide bonds. The minimum atomic E-state index is -0.565. The number of pyridine rings is 1. The molecule has 1 aromatic heterocycles. The quantitative estimate of drug-likeness (QED) is 0.830. The number of anilines is 1. The van der Waals surface area contributed by atoms with E-state index in [9.17, 15) is 4.79 Å². The minimum absolute atomic E-state index is 0.439. The maximum atomic E-state index is 12.1. The van der Waals surface area contributed by atoms with Gasteiger partial charge < -0.3 is 14.0 Å². The van der Waals surface area contributed by atoms with Crippen molar-refractivity contribution in [1.82, 2.24) is 4.98 Å². The molecule has 7 heteroatoms. The van der Waals surface area contributed by atoms with Gasteiger partial charge in [0.2, 0.25) is 0 Å². The van der Waals surface area contributed by atoms with Crippen LogP contribution in [0.1, 0.15) is 59.7 Å². The van der Waals surface area contributed by atoms with Crippen molar-refractivity contribution in [2.75, 3.05) is 5.32 Å². The maximum Gasteiger partial charge on any atom is 0.497 e. The first-order valence-electron chi connectivity index (χ1n) is 8.55. The average molecular weight is 348 g/mol. The van der Waals surface area contributed by atoms with Crippen LogP contribution < -0.4 is 10.8 Å². The molecule has 2 rings (SSSR count). The predicted octanol–water partition coefficient (Wildman–Crippen LogP) is 3.34. The van der Waals surface area contributed by atoms with Gasteiger partial charge in [-0.25, -0.2) is 4.79 Å². The van der Waals surface area contributed by atoms with E-state index >= 15 is 0 Å². The highest BCUT2D eigenvalue weighted by Gasteiger charge is 2.52. The standard InChI is InChI=1S/C18H29BN2O4/c1-11-13(21-15(22)23-16(3,4)5)10-20-12(2)14(11)19-24-17(6,7)18(8,9)25-19/h10H,1-9H3,(H,21,22). The van der Waals surface area contributed by atoms with E-state index in [4.69, 9.17) is 14.0 Å². The van der Waals surface area contributed by atoms with E-state index in [1.54, 1.807) is 6.20 Å². The highest BCUT2D eigenvalue weighted by Crippen LogP contribution is 2.37. The number of rotatable bonds is 2. The summed E-state index contributed by atoms with van der Waals surface area (Å²) in [6.45, 7) is 17.3. The van der Waals surface area contributed by atoms with Gasteiger partial charge in [-0.05, 0) is 67.9 Å². The van der Waals surface area contributed by atoms with Gasteiger partial charge in [-0.1, -0.05) is 0 Å². The molecule has 0 aromatic carbocycles. The van der Waals surface area contributed by atoms with Crippen LogP contribution in [0.15, 0.2) is 6.20 Å². The molecule has 25 heavy (non-hydrogen) atoms. The second-order valence-corrected chi connectivity index (χ2v) is 8.51. The summed E-state index contributed by atoms with van der Waals surface area (Å²) in [6.07, 6.45) is 1.12. The largest absolute Gasteiger partial charge is 0.497 e. The molecule has 0 aliphatic carbocycles. The maximum absolute atomic E-state index is 12.1. The van der Waals surface area contributed by atoms with E-state index in [2.05, 4.69) is 10.3 Å². The summed E-state index contributed by atoms with van der Waals surface area (Å²) in [7, 11) is -0.530. The van der Waals surface area contributed by atoms with Gasteiger partial charge in [-0.15, -0.1) is 0 Å². The van der Waals surface area contributed by atoms with Gasteiger partial charge in [-0.2, -0.15) is 0 Å². The molecule has 0 radical (unpaired) electrons. The highest BCUT2D eigenvalue weighted by molar-refractivity contribution is 6.63. The third-order valence-corrected chi connectivity index (χ3v) is 4.71. The van der Waals surface area contributed by atoms with Gasteiger partial charge in [0.05, 0.1) is 23.1 Å².